The fourth-order valence-corrected chi connectivity index (χ4v) is 19.4. The van der Waals surface area contributed by atoms with Crippen molar-refractivity contribution in [2.45, 2.75) is 163 Å². The number of nitriles is 2. The number of likely N-dealkylation sites (tertiary alicyclic amines) is 1. The first kappa shape index (κ1) is 106. The van der Waals surface area contributed by atoms with Crippen molar-refractivity contribution >= 4 is 92.7 Å². The quantitative estimate of drug-likeness (QED) is 0.0409. The number of alkyl halides is 3. The molecule has 7 aliphatic rings. The van der Waals surface area contributed by atoms with Crippen LogP contribution in [0, 0.1) is 34.5 Å². The highest BCUT2D eigenvalue weighted by molar-refractivity contribution is 7.89. The maximum atomic E-state index is 13.3. The van der Waals surface area contributed by atoms with E-state index < -0.39 is 50.0 Å². The minimum absolute atomic E-state index is 0.00259. The van der Waals surface area contributed by atoms with E-state index in [1.807, 2.05) is 137 Å². The minimum atomic E-state index is -4.83. The van der Waals surface area contributed by atoms with Crippen molar-refractivity contribution in [3.05, 3.63) is 250 Å². The molecule has 0 saturated carbocycles. The summed E-state index contributed by atoms with van der Waals surface area (Å²) in [6.07, 6.45) is 3.66. The topological polar surface area (TPSA) is 465 Å². The van der Waals surface area contributed by atoms with Gasteiger partial charge in [-0.2, -0.15) is 19.9 Å². The molecule has 8 heterocycles. The summed E-state index contributed by atoms with van der Waals surface area (Å²) in [5.41, 5.74) is 33.7. The van der Waals surface area contributed by atoms with Crippen molar-refractivity contribution in [2.24, 2.45) is 65.5 Å². The number of ether oxygens (including phenoxy) is 4. The summed E-state index contributed by atoms with van der Waals surface area (Å²) in [5.74, 6) is 1.02. The number of amides is 7. The second kappa shape index (κ2) is 44.0. The predicted molar refractivity (Wildman–Crippen MR) is 536 cm³/mol. The fraction of sp³-hybridized carbons (Fsp3) is 0.379. The van der Waals surface area contributed by atoms with Crippen LogP contribution < -0.4 is 48.2 Å². The van der Waals surface area contributed by atoms with Crippen LogP contribution in [-0.2, 0) is 60.8 Å². The van der Waals surface area contributed by atoms with E-state index in [9.17, 15) is 50.4 Å². The summed E-state index contributed by atoms with van der Waals surface area (Å²) < 4.78 is 88.9. The molecular weight excluding hydrogens is 1860 g/mol. The Morgan fingerprint density at radius 2 is 1.08 bits per heavy atom. The first-order chi connectivity index (χ1) is 67.0. The molecule has 2 unspecified atom stereocenters. The van der Waals surface area contributed by atoms with E-state index in [1.54, 1.807) is 131 Å². The van der Waals surface area contributed by atoms with Gasteiger partial charge in [-0.3, -0.25) is 48.5 Å². The molecule has 1 aromatic heterocycles. The number of para-hydroxylation sites is 1. The van der Waals surface area contributed by atoms with E-state index in [4.69, 9.17) is 65.0 Å². The van der Waals surface area contributed by atoms with E-state index in [0.717, 1.165) is 64.9 Å². The van der Waals surface area contributed by atoms with E-state index in [0.29, 0.717) is 90.3 Å². The lowest BCUT2D eigenvalue weighted by molar-refractivity contribution is -0.274. The Kier molecular flexibility index (Phi) is 32.9. The van der Waals surface area contributed by atoms with Gasteiger partial charge >= 0.3 is 12.4 Å². The van der Waals surface area contributed by atoms with Crippen LogP contribution in [0.5, 0.6) is 23.0 Å². The Morgan fingerprint density at radius 1 is 0.556 bits per heavy atom. The van der Waals surface area contributed by atoms with Crippen molar-refractivity contribution in [1.29, 1.82) is 10.5 Å². The number of hydrogen-bond donors (Lipinski definition) is 6. The van der Waals surface area contributed by atoms with E-state index in [1.165, 1.54) is 54.1 Å². The number of piperidine rings is 2. The number of benzene rings is 8. The second-order valence-corrected chi connectivity index (χ2v) is 40.2. The summed E-state index contributed by atoms with van der Waals surface area (Å²) in [6, 6.07) is 60.3. The molecule has 8 aromatic carbocycles. The molecule has 2 fully saturated rings. The summed E-state index contributed by atoms with van der Waals surface area (Å²) in [6.45, 7) is 18.6. The molecule has 748 valence electrons. The molecule has 2 saturated heterocycles. The summed E-state index contributed by atoms with van der Waals surface area (Å²) in [7, 11) is 5.98. The number of methoxy groups -OCH3 is 1. The highest BCUT2D eigenvalue weighted by Crippen LogP contribution is 2.47. The molecule has 39 heteroatoms. The smallest absolute Gasteiger partial charge is 0.493 e. The first-order valence-corrected chi connectivity index (χ1v) is 47.9. The maximum absolute atomic E-state index is 13.3. The lowest BCUT2D eigenvalue weighted by atomic mass is 9.73. The van der Waals surface area contributed by atoms with Crippen LogP contribution in [-0.4, -0.2) is 216 Å². The molecule has 9 aromatic rings. The Bertz CT molecular complexity index is 6550. The zero-order chi connectivity index (χ0) is 103. The molecule has 0 radical (unpaired) electrons. The Balaban J connectivity index is 0.000000159. The highest BCUT2D eigenvalue weighted by Gasteiger charge is 2.50. The average Bonchev–Trinajstić information content (AvgIpc) is 0.800. The van der Waals surface area contributed by atoms with Gasteiger partial charge in [-0.25, -0.2) is 42.9 Å². The monoisotopic (exact) mass is 1980 g/mol. The fourth-order valence-electron chi connectivity index (χ4n) is 17.7. The summed E-state index contributed by atoms with van der Waals surface area (Å²) in [4.78, 5) is 106. The van der Waals surface area contributed by atoms with Crippen LogP contribution in [0.4, 0.5) is 23.7 Å². The Labute approximate surface area is 829 Å². The number of rotatable bonds is 19. The molecular formula is C103H120ClF3N22O12S. The second-order valence-electron chi connectivity index (χ2n) is 37.8. The average molecular weight is 1980 g/mol. The predicted octanol–water partition coefficient (Wildman–Crippen LogP) is 14.2. The number of carbonyl (C=O) groups excluding carboxylic acids is 6. The summed E-state index contributed by atoms with van der Waals surface area (Å²) >= 11 is 6.26. The maximum Gasteiger partial charge on any atom is 0.573 e. The number of hydrogen-bond acceptors (Lipinski definition) is 25. The number of aliphatic imine (C=N–C) groups is 5. The molecule has 8 atom stereocenters. The largest absolute Gasteiger partial charge is 0.573 e. The van der Waals surface area contributed by atoms with Crippen molar-refractivity contribution in [3.8, 4) is 52.0 Å². The molecule has 11 N–H and O–H groups in total. The molecule has 7 amide bonds. The van der Waals surface area contributed by atoms with Gasteiger partial charge in [0.1, 0.15) is 28.5 Å². The number of likely N-dealkylation sites (N-methyl/N-ethyl adjacent to an activating group) is 1. The molecule has 0 bridgehead atoms. The lowest BCUT2D eigenvalue weighted by Gasteiger charge is -2.43. The van der Waals surface area contributed by atoms with Crippen molar-refractivity contribution in [1.82, 2.24) is 43.5 Å². The van der Waals surface area contributed by atoms with Crippen LogP contribution in [0.1, 0.15) is 158 Å². The zero-order valence-electron chi connectivity index (χ0n) is 81.8. The third-order valence-electron chi connectivity index (χ3n) is 26.4. The van der Waals surface area contributed by atoms with Gasteiger partial charge in [0.05, 0.1) is 100 Å². The number of guanidine groups is 5. The van der Waals surface area contributed by atoms with Crippen LogP contribution in [0.3, 0.4) is 0 Å². The zero-order valence-corrected chi connectivity index (χ0v) is 83.4. The van der Waals surface area contributed by atoms with Crippen LogP contribution in [0.15, 0.2) is 236 Å². The standard InChI is InChI=1S/C23H26F3N3O2.C23H28N4O4S.C22H26ClN3O3.C19H24N6O2.C16H16N6O/c1-21(2,3)15-11-9-14(10-12-15)18-19(30)29(5)20(27)28-22(18,4)16-7-6-8-17(13-16)31-23(24,25)26;1-23(15-21(28)26(2)22(24)25-23)17-7-6-14-27(16-17)32(29,30)20-12-10-19(11-13-20)31-18-8-4-3-5-9-18;1-22(14-20(27)26(2)21(24)25-22)16-7-4-6-15(12-16)18-13-17(23)8-9-19(18)29-11-5-10-28-3;1-19(10-16(26)24(2)17(21)23-19)14-6-4-8-25(12-14)18(27)22-15-7-3-5-13(9-15)11-20;1-16(7-14(23)21(2)15(18)20-16)12-9-19-22(10-12)13-5-3-4-11(6-13)8-17/h6-13,18H,1-5H3,(H2,27,28);3-5,8-13,17H,6-7,14-16H2,1-2H3,(H2,24,25);4,6-9,12-13H,5,10-11,14H2,1-3H3,(H2,24,25);3,5,7,9,14H,4,6,8,10,12H2,1-2H3,(H2,21,23)(H,22,27);3-6,9-10H,7H2,1-2H3,(H2,18,20)/t18-,22-;17?,23-;22-;14?,19-;16-/m10000/s1. The number of nitrogens with zero attached hydrogens (tertiary/aromatic N) is 16. The number of nitrogens with two attached hydrogens (primary N) is 5. The number of aromatic nitrogens is 2. The number of nitrogens with one attached hydrogen (secondary N) is 1. The normalized spacial score (nSPS) is 22.7. The van der Waals surface area contributed by atoms with E-state index in [-0.39, 0.29) is 119 Å². The van der Waals surface area contributed by atoms with Crippen molar-refractivity contribution in [3.63, 3.8) is 0 Å². The van der Waals surface area contributed by atoms with Crippen molar-refractivity contribution < 1.29 is 69.3 Å². The van der Waals surface area contributed by atoms with Gasteiger partial charge in [-0.15, -0.1) is 13.2 Å². The minimum Gasteiger partial charge on any atom is -0.493 e. The molecule has 7 aliphatic heterocycles. The van der Waals surface area contributed by atoms with Gasteiger partial charge in [0.2, 0.25) is 39.6 Å². The van der Waals surface area contributed by atoms with E-state index in [2.05, 4.69) is 73.0 Å². The van der Waals surface area contributed by atoms with Crippen LogP contribution in [0.2, 0.25) is 5.02 Å². The van der Waals surface area contributed by atoms with Gasteiger partial charge in [-0.1, -0.05) is 117 Å². The number of urea groups is 1. The lowest BCUT2D eigenvalue weighted by Crippen LogP contribution is -2.55. The number of anilines is 1. The Morgan fingerprint density at radius 3 is 1.66 bits per heavy atom. The number of sulfonamides is 1. The number of carbonyl (C=O) groups is 6. The SMILES string of the molecule is CN1C(=O)C[C@@](C)(C2CCCN(C(=O)Nc3cccc(C#N)c3)C2)N=C1N.CN1C(=O)C[C@@](C)(C2CCCN(S(=O)(=O)c3ccc(Oc4ccccc4)cc3)C2)N=C1N.CN1C(=O)C[C@@](C)(c2cnn(-c3cccc(C#N)c3)c2)N=C1N.CN1C(=O)[C@@H](c2ccc(C(C)(C)C)cc2)[C@@](C)(c2cccc(OC(F)(F)F)c2)N=C1N.COCCCOc1ccc(Cl)cc1-c1cccc([C@]2(C)CC(=O)N(C)C(N)=N2)c1. The third-order valence-corrected chi connectivity index (χ3v) is 28.5. The van der Waals surface area contributed by atoms with Gasteiger partial charge in [-0.05, 0) is 209 Å². The van der Waals surface area contributed by atoms with Gasteiger partial charge in [0.15, 0.2) is 29.8 Å². The summed E-state index contributed by atoms with van der Waals surface area (Å²) in [5, 5.41) is 25.8. The van der Waals surface area contributed by atoms with Crippen LogP contribution >= 0.6 is 11.6 Å². The number of halogens is 4. The van der Waals surface area contributed by atoms with Crippen LogP contribution in [0.25, 0.3) is 16.8 Å². The van der Waals surface area contributed by atoms with Gasteiger partial charge < -0.3 is 57.8 Å². The molecule has 0 aliphatic carbocycles. The highest BCUT2D eigenvalue weighted by atomic mass is 35.5. The van der Waals surface area contributed by atoms with E-state index >= 15 is 0 Å². The van der Waals surface area contributed by atoms with Crippen molar-refractivity contribution in [2.75, 3.05) is 87.1 Å². The van der Waals surface area contributed by atoms with Gasteiger partial charge in [0, 0.05) is 116 Å². The molecule has 0 spiro atoms. The van der Waals surface area contributed by atoms with Gasteiger partial charge in [0.25, 0.3) is 0 Å². The first-order valence-electron chi connectivity index (χ1n) is 46.0. The third kappa shape index (κ3) is 25.2. The molecule has 142 heavy (non-hydrogen) atoms. The molecule has 34 nitrogen and oxygen atoms in total. The molecule has 16 rings (SSSR count). The Hall–Kier alpha value is -14.7.